The number of nitrogens with zero attached hydrogens (tertiary/aromatic N) is 7. The number of rotatable bonds is 11. The normalized spacial score (nSPS) is 15.3. The Balaban J connectivity index is 1.85. The van der Waals surface area contributed by atoms with Gasteiger partial charge in [0.25, 0.3) is 5.56 Å². The van der Waals surface area contributed by atoms with Crippen LogP contribution in [0.15, 0.2) is 38.9 Å². The Labute approximate surface area is 233 Å². The molecule has 12 nitrogen and oxygen atoms in total. The lowest BCUT2D eigenvalue weighted by Gasteiger charge is -2.19. The van der Waals surface area contributed by atoms with Gasteiger partial charge < -0.3 is 10.4 Å². The maximum Gasteiger partial charge on any atom is 0.295 e. The molecule has 0 aliphatic heterocycles. The van der Waals surface area contributed by atoms with E-state index >= 15 is 0 Å². The van der Waals surface area contributed by atoms with Crippen LogP contribution in [0.5, 0.6) is 0 Å². The summed E-state index contributed by atoms with van der Waals surface area (Å²) in [5.41, 5.74) is 3.20. The van der Waals surface area contributed by atoms with Crippen molar-refractivity contribution in [1.29, 1.82) is 0 Å². The van der Waals surface area contributed by atoms with E-state index in [2.05, 4.69) is 37.0 Å². The van der Waals surface area contributed by atoms with E-state index in [-0.39, 0.29) is 29.0 Å². The Hall–Kier alpha value is -3.84. The first-order valence-corrected chi connectivity index (χ1v) is 14.9. The van der Waals surface area contributed by atoms with Crippen LogP contribution in [-0.2, 0) is 16.4 Å². The van der Waals surface area contributed by atoms with Crippen LogP contribution in [0, 0.1) is 6.92 Å². The van der Waals surface area contributed by atoms with Crippen molar-refractivity contribution in [3.63, 3.8) is 0 Å². The molecular weight excluding hydrogens is 532 g/mol. The van der Waals surface area contributed by atoms with Crippen LogP contribution in [0.25, 0.3) is 22.6 Å². The molecule has 0 radical (unpaired) electrons. The number of allylic oxidation sites excluding steroid dienone is 3. The Bertz CT molecular complexity index is 1690. The molecule has 0 saturated heterocycles. The van der Waals surface area contributed by atoms with Gasteiger partial charge in [-0.3, -0.25) is 14.4 Å². The number of fused-ring (bicyclic) bond motifs is 1. The molecule has 1 fully saturated rings. The van der Waals surface area contributed by atoms with Gasteiger partial charge in [0.15, 0.2) is 27.1 Å². The topological polar surface area (TPSA) is 165 Å². The number of aliphatic imine (C=N–C) groups is 1. The van der Waals surface area contributed by atoms with Crippen molar-refractivity contribution in [1.82, 2.24) is 29.5 Å². The number of aliphatic hydroxyl groups is 1. The number of aromatic nitrogens is 6. The van der Waals surface area contributed by atoms with E-state index in [1.165, 1.54) is 25.4 Å². The number of anilines is 1. The summed E-state index contributed by atoms with van der Waals surface area (Å²) in [7, 11) is -3.34. The van der Waals surface area contributed by atoms with Gasteiger partial charge in [-0.1, -0.05) is 6.92 Å². The third-order valence-electron chi connectivity index (χ3n) is 6.98. The number of sulfone groups is 1. The maximum absolute atomic E-state index is 13.7. The van der Waals surface area contributed by atoms with Crippen LogP contribution in [-0.4, -0.2) is 62.5 Å². The largest absolute Gasteiger partial charge is 0.390 e. The highest BCUT2D eigenvalue weighted by molar-refractivity contribution is 7.94. The smallest absolute Gasteiger partial charge is 0.295 e. The quantitative estimate of drug-likeness (QED) is 0.260. The molecular formula is C27H34N8O4S. The monoisotopic (exact) mass is 566 g/mol. The van der Waals surface area contributed by atoms with E-state index in [1.807, 2.05) is 20.8 Å². The Morgan fingerprint density at radius 1 is 1.27 bits per heavy atom. The third-order valence-corrected chi connectivity index (χ3v) is 8.29. The lowest BCUT2D eigenvalue weighted by molar-refractivity contribution is 0.278. The average molecular weight is 567 g/mol. The van der Waals surface area contributed by atoms with Crippen molar-refractivity contribution in [2.75, 3.05) is 18.1 Å². The predicted octanol–water partition coefficient (Wildman–Crippen LogP) is 3.24. The minimum Gasteiger partial charge on any atom is -0.390 e. The molecule has 0 aromatic carbocycles. The van der Waals surface area contributed by atoms with Gasteiger partial charge in [0.1, 0.15) is 11.8 Å². The zero-order valence-corrected chi connectivity index (χ0v) is 24.2. The molecule has 1 atom stereocenters. The molecule has 1 aliphatic rings. The van der Waals surface area contributed by atoms with Gasteiger partial charge in [-0.15, -0.1) is 0 Å². The lowest BCUT2D eigenvalue weighted by atomic mass is 10.1. The molecule has 3 aromatic rings. The van der Waals surface area contributed by atoms with Gasteiger partial charge in [-0.2, -0.15) is 0 Å². The second-order valence-electron chi connectivity index (χ2n) is 9.93. The average Bonchev–Trinajstić information content (AvgIpc) is 3.77. The maximum atomic E-state index is 13.7. The molecule has 40 heavy (non-hydrogen) atoms. The highest BCUT2D eigenvalue weighted by atomic mass is 32.2. The molecule has 0 unspecified atom stereocenters. The summed E-state index contributed by atoms with van der Waals surface area (Å²) in [6, 6.07) is -0.239. The molecule has 3 aromatic heterocycles. The predicted molar refractivity (Wildman–Crippen MR) is 155 cm³/mol. The first kappa shape index (κ1) is 29.2. The van der Waals surface area contributed by atoms with E-state index in [0.717, 1.165) is 36.0 Å². The fourth-order valence-electron chi connectivity index (χ4n) is 4.18. The second-order valence-corrected chi connectivity index (χ2v) is 12.1. The lowest BCUT2D eigenvalue weighted by Crippen LogP contribution is -2.29. The molecule has 2 N–H and O–H groups in total. The molecule has 4 rings (SSSR count). The fourth-order valence-corrected chi connectivity index (χ4v) is 4.50. The Morgan fingerprint density at radius 2 is 2.00 bits per heavy atom. The van der Waals surface area contributed by atoms with Crippen LogP contribution in [0.3, 0.4) is 0 Å². The standard InChI is InChI=1S/C27H34N8O4S/c1-7-15(2)35-26-23(33-25(27(35)37)29-12-19(28-5)11-8-16(3)40(6,38)39)20(13-36)32-24(34-26)21-17(4)30-14-31-22(21)18-9-10-18/h8,11,14-15,18,36H,5,7,9-10,12-13H2,1-4,6H3,(H,29,33)/b16-8+,19-11-/t15-/m1/s1. The summed E-state index contributed by atoms with van der Waals surface area (Å²) in [6.07, 6.45) is 8.29. The van der Waals surface area contributed by atoms with Crippen molar-refractivity contribution in [2.45, 2.75) is 65.5 Å². The Morgan fingerprint density at radius 3 is 2.60 bits per heavy atom. The van der Waals surface area contributed by atoms with Gasteiger partial charge in [0, 0.05) is 23.1 Å². The summed E-state index contributed by atoms with van der Waals surface area (Å²) < 4.78 is 25.0. The molecule has 0 bridgehead atoms. The summed E-state index contributed by atoms with van der Waals surface area (Å²) >= 11 is 0. The van der Waals surface area contributed by atoms with E-state index in [9.17, 15) is 18.3 Å². The molecule has 13 heteroatoms. The van der Waals surface area contributed by atoms with Crippen LogP contribution in [0.1, 0.15) is 69.1 Å². The molecule has 3 heterocycles. The van der Waals surface area contributed by atoms with E-state index in [1.54, 1.807) is 4.57 Å². The van der Waals surface area contributed by atoms with Crippen LogP contribution in [0.2, 0.25) is 0 Å². The van der Waals surface area contributed by atoms with Crippen molar-refractivity contribution >= 4 is 33.5 Å². The van der Waals surface area contributed by atoms with Gasteiger partial charge >= 0.3 is 0 Å². The summed E-state index contributed by atoms with van der Waals surface area (Å²) in [5.74, 6) is 0.687. The van der Waals surface area contributed by atoms with Crippen molar-refractivity contribution < 1.29 is 13.5 Å². The number of aryl methyl sites for hydroxylation is 1. The van der Waals surface area contributed by atoms with Crippen molar-refractivity contribution in [3.8, 4) is 11.4 Å². The summed E-state index contributed by atoms with van der Waals surface area (Å²) in [6.45, 7) is 10.4. The van der Waals surface area contributed by atoms with Crippen LogP contribution >= 0.6 is 0 Å². The molecule has 0 amide bonds. The Kier molecular flexibility index (Phi) is 8.54. The fraction of sp³-hybridized carbons (Fsp3) is 0.444. The van der Waals surface area contributed by atoms with Crippen LogP contribution in [0.4, 0.5) is 5.82 Å². The highest BCUT2D eigenvalue weighted by Crippen LogP contribution is 2.43. The molecule has 1 saturated carbocycles. The number of nitrogens with one attached hydrogen (secondary N) is 1. The number of hydrogen-bond acceptors (Lipinski definition) is 11. The van der Waals surface area contributed by atoms with Crippen LogP contribution < -0.4 is 10.9 Å². The molecule has 212 valence electrons. The third kappa shape index (κ3) is 5.99. The van der Waals surface area contributed by atoms with Crippen molar-refractivity contribution in [2.24, 2.45) is 4.99 Å². The SMILES string of the molecule is C=N/C(=C\C=C(/C)S(C)(=O)=O)CNc1nc2c(CO)nc(-c3c(C)ncnc3C3CC3)nc2n([C@H](C)CC)c1=O. The minimum atomic E-state index is -3.34. The van der Waals surface area contributed by atoms with Gasteiger partial charge in [0.05, 0.1) is 41.5 Å². The zero-order valence-electron chi connectivity index (χ0n) is 23.3. The van der Waals surface area contributed by atoms with Gasteiger partial charge in [-0.05, 0) is 58.9 Å². The number of aliphatic hydroxyl groups excluding tert-OH is 1. The van der Waals surface area contributed by atoms with Crippen molar-refractivity contribution in [3.05, 3.63) is 56.5 Å². The first-order valence-electron chi connectivity index (χ1n) is 13.0. The van der Waals surface area contributed by atoms with E-state index in [4.69, 9.17) is 4.98 Å². The highest BCUT2D eigenvalue weighted by Gasteiger charge is 2.31. The van der Waals surface area contributed by atoms with E-state index in [0.29, 0.717) is 35.0 Å². The second kappa shape index (κ2) is 11.7. The van der Waals surface area contributed by atoms with Gasteiger partial charge in [0.2, 0.25) is 0 Å². The summed E-state index contributed by atoms with van der Waals surface area (Å²) in [4.78, 5) is 40.7. The van der Waals surface area contributed by atoms with Gasteiger partial charge in [-0.25, -0.2) is 33.3 Å². The summed E-state index contributed by atoms with van der Waals surface area (Å²) in [5, 5.41) is 13.3. The van der Waals surface area contributed by atoms with E-state index < -0.39 is 22.0 Å². The number of hydrogen-bond donors (Lipinski definition) is 2. The zero-order chi connectivity index (χ0) is 29.2. The first-order chi connectivity index (χ1) is 19.0. The minimum absolute atomic E-state index is 0.0232. The molecule has 1 aliphatic carbocycles. The molecule has 0 spiro atoms.